The molecule has 0 bridgehead atoms. The van der Waals surface area contributed by atoms with Crippen molar-refractivity contribution in [2.45, 2.75) is 18.9 Å². The highest BCUT2D eigenvalue weighted by Crippen LogP contribution is 2.32. The van der Waals surface area contributed by atoms with Crippen LogP contribution >= 0.6 is 11.3 Å². The molecule has 0 unspecified atom stereocenters. The quantitative estimate of drug-likeness (QED) is 0.728. The summed E-state index contributed by atoms with van der Waals surface area (Å²) in [6.07, 6.45) is 1.69. The molecule has 0 radical (unpaired) electrons. The molecule has 0 spiro atoms. The van der Waals surface area contributed by atoms with E-state index in [1.165, 1.54) is 0 Å². The second-order valence-electron chi connectivity index (χ2n) is 4.60. The average Bonchev–Trinajstić information content (AvgIpc) is 2.74. The summed E-state index contributed by atoms with van der Waals surface area (Å²) < 4.78 is 1.12. The lowest BCUT2D eigenvalue weighted by atomic mass is 9.82. The molecule has 1 aromatic carbocycles. The molecule has 2 aromatic rings. The number of hydrogen-bond donors (Lipinski definition) is 3. The van der Waals surface area contributed by atoms with Crippen molar-refractivity contribution in [1.29, 1.82) is 0 Å². The number of nitrogen functional groups attached to an aromatic ring is 1. The van der Waals surface area contributed by atoms with Crippen molar-refractivity contribution in [3.05, 3.63) is 17.6 Å². The molecular formula is C12H15N3OS. The van der Waals surface area contributed by atoms with Crippen LogP contribution in [0, 0.1) is 5.92 Å². The molecule has 0 saturated heterocycles. The van der Waals surface area contributed by atoms with Crippen LogP contribution in [0.3, 0.4) is 0 Å². The number of nitrogens with zero attached hydrogens (tertiary/aromatic N) is 1. The Morgan fingerprint density at radius 3 is 3.06 bits per heavy atom. The largest absolute Gasteiger partial charge is 0.395 e. The van der Waals surface area contributed by atoms with Gasteiger partial charge in [0.2, 0.25) is 0 Å². The number of thiazole rings is 1. The van der Waals surface area contributed by atoms with Crippen LogP contribution in [0.25, 0.3) is 10.2 Å². The summed E-state index contributed by atoms with van der Waals surface area (Å²) in [5.74, 6) is 0.565. The van der Waals surface area contributed by atoms with Crippen LogP contribution in [0.2, 0.25) is 0 Å². The Labute approximate surface area is 103 Å². The Kier molecular flexibility index (Phi) is 2.64. The van der Waals surface area contributed by atoms with Crippen LogP contribution in [0.4, 0.5) is 11.4 Å². The second-order valence-corrected chi connectivity index (χ2v) is 5.48. The average molecular weight is 249 g/mol. The lowest BCUT2D eigenvalue weighted by Gasteiger charge is -2.31. The third kappa shape index (κ3) is 1.96. The van der Waals surface area contributed by atoms with E-state index in [-0.39, 0.29) is 6.10 Å². The monoisotopic (exact) mass is 249 g/mol. The Hall–Kier alpha value is -1.33. The minimum atomic E-state index is -0.0971. The number of nitrogens with two attached hydrogens (primary N) is 1. The molecule has 1 saturated carbocycles. The first-order valence-electron chi connectivity index (χ1n) is 5.77. The number of aliphatic hydroxyl groups excluding tert-OH is 1. The highest BCUT2D eigenvalue weighted by molar-refractivity contribution is 7.16. The van der Waals surface area contributed by atoms with Gasteiger partial charge in [-0.15, -0.1) is 11.3 Å². The molecule has 1 fully saturated rings. The molecule has 1 aromatic heterocycles. The number of fused-ring (bicyclic) bond motifs is 1. The number of hydrogen-bond acceptors (Lipinski definition) is 5. The molecule has 4 N–H and O–H groups in total. The van der Waals surface area contributed by atoms with Crippen molar-refractivity contribution in [3.63, 3.8) is 0 Å². The van der Waals surface area contributed by atoms with Gasteiger partial charge in [0.25, 0.3) is 0 Å². The van der Waals surface area contributed by atoms with Gasteiger partial charge in [-0.1, -0.05) is 0 Å². The lowest BCUT2D eigenvalue weighted by molar-refractivity contribution is 0.0487. The molecule has 5 heteroatoms. The predicted octanol–water partition coefficient (Wildman–Crippen LogP) is 2.06. The fourth-order valence-corrected chi connectivity index (χ4v) is 2.92. The standard InChI is InChI=1S/C12H15N3OS/c13-11-9(14-5-7-3-8(16)4-7)1-2-10-12(11)15-6-17-10/h1-2,6-8,14,16H,3-5,13H2. The van der Waals surface area contributed by atoms with E-state index in [4.69, 9.17) is 5.73 Å². The Bertz CT molecular complexity index is 534. The molecule has 4 nitrogen and oxygen atoms in total. The SMILES string of the molecule is Nc1c(NCC2CC(O)C2)ccc2scnc12. The van der Waals surface area contributed by atoms with Gasteiger partial charge in [-0.25, -0.2) is 4.98 Å². The molecular weight excluding hydrogens is 234 g/mol. The predicted molar refractivity (Wildman–Crippen MR) is 71.3 cm³/mol. The van der Waals surface area contributed by atoms with E-state index in [9.17, 15) is 5.11 Å². The van der Waals surface area contributed by atoms with Gasteiger partial charge in [-0.2, -0.15) is 0 Å². The number of benzene rings is 1. The van der Waals surface area contributed by atoms with Crippen LogP contribution in [-0.2, 0) is 0 Å². The lowest BCUT2D eigenvalue weighted by Crippen LogP contribution is -2.33. The van der Waals surface area contributed by atoms with Crippen molar-refractivity contribution in [1.82, 2.24) is 4.98 Å². The normalized spacial score (nSPS) is 23.6. The van der Waals surface area contributed by atoms with Gasteiger partial charge < -0.3 is 16.2 Å². The van der Waals surface area contributed by atoms with Gasteiger partial charge in [0.05, 0.1) is 27.7 Å². The molecule has 1 aliphatic carbocycles. The van der Waals surface area contributed by atoms with Crippen LogP contribution in [-0.4, -0.2) is 22.7 Å². The number of nitrogens with one attached hydrogen (secondary N) is 1. The van der Waals surface area contributed by atoms with E-state index >= 15 is 0 Å². The van der Waals surface area contributed by atoms with Crippen molar-refractivity contribution >= 4 is 32.9 Å². The van der Waals surface area contributed by atoms with E-state index in [1.54, 1.807) is 11.3 Å². The summed E-state index contributed by atoms with van der Waals surface area (Å²) in [4.78, 5) is 4.27. The maximum absolute atomic E-state index is 9.22. The van der Waals surface area contributed by atoms with Gasteiger partial charge in [0.15, 0.2) is 0 Å². The molecule has 0 atom stereocenters. The number of anilines is 2. The summed E-state index contributed by atoms with van der Waals surface area (Å²) in [5, 5.41) is 12.6. The van der Waals surface area contributed by atoms with Crippen LogP contribution in [0.1, 0.15) is 12.8 Å². The summed E-state index contributed by atoms with van der Waals surface area (Å²) in [5.41, 5.74) is 10.4. The molecule has 0 aliphatic heterocycles. The fraction of sp³-hybridized carbons (Fsp3) is 0.417. The van der Waals surface area contributed by atoms with Gasteiger partial charge in [0.1, 0.15) is 5.52 Å². The molecule has 17 heavy (non-hydrogen) atoms. The van der Waals surface area contributed by atoms with Gasteiger partial charge in [-0.05, 0) is 30.9 Å². The zero-order valence-corrected chi connectivity index (χ0v) is 10.2. The first-order valence-corrected chi connectivity index (χ1v) is 6.65. The van der Waals surface area contributed by atoms with Crippen molar-refractivity contribution in [3.8, 4) is 0 Å². The molecule has 0 amide bonds. The van der Waals surface area contributed by atoms with E-state index in [0.717, 1.165) is 41.0 Å². The summed E-state index contributed by atoms with van der Waals surface area (Å²) >= 11 is 1.60. The van der Waals surface area contributed by atoms with E-state index in [0.29, 0.717) is 5.92 Å². The molecule has 1 aliphatic rings. The topological polar surface area (TPSA) is 71.2 Å². The maximum Gasteiger partial charge on any atom is 0.106 e. The second kappa shape index (κ2) is 4.16. The number of rotatable bonds is 3. The first kappa shape index (κ1) is 10.8. The van der Waals surface area contributed by atoms with Gasteiger partial charge >= 0.3 is 0 Å². The minimum Gasteiger partial charge on any atom is -0.395 e. The van der Waals surface area contributed by atoms with Gasteiger partial charge in [-0.3, -0.25) is 0 Å². The first-order chi connectivity index (χ1) is 8.24. The number of aromatic nitrogens is 1. The van der Waals surface area contributed by atoms with Crippen LogP contribution < -0.4 is 11.1 Å². The van der Waals surface area contributed by atoms with Gasteiger partial charge in [0, 0.05) is 6.54 Å². The van der Waals surface area contributed by atoms with E-state index in [2.05, 4.69) is 10.3 Å². The minimum absolute atomic E-state index is 0.0971. The Balaban J connectivity index is 1.74. The Morgan fingerprint density at radius 1 is 1.47 bits per heavy atom. The smallest absolute Gasteiger partial charge is 0.106 e. The zero-order chi connectivity index (χ0) is 11.8. The van der Waals surface area contributed by atoms with Crippen molar-refractivity contribution < 1.29 is 5.11 Å². The molecule has 1 heterocycles. The van der Waals surface area contributed by atoms with E-state index in [1.807, 2.05) is 17.6 Å². The zero-order valence-electron chi connectivity index (χ0n) is 9.39. The third-order valence-electron chi connectivity index (χ3n) is 3.33. The highest BCUT2D eigenvalue weighted by Gasteiger charge is 2.26. The van der Waals surface area contributed by atoms with Crippen molar-refractivity contribution in [2.24, 2.45) is 5.92 Å². The number of aliphatic hydroxyl groups is 1. The van der Waals surface area contributed by atoms with Crippen molar-refractivity contribution in [2.75, 3.05) is 17.6 Å². The maximum atomic E-state index is 9.22. The van der Waals surface area contributed by atoms with Crippen LogP contribution in [0.15, 0.2) is 17.6 Å². The third-order valence-corrected chi connectivity index (χ3v) is 4.13. The summed E-state index contributed by atoms with van der Waals surface area (Å²) in [6.45, 7) is 0.872. The summed E-state index contributed by atoms with van der Waals surface area (Å²) in [7, 11) is 0. The van der Waals surface area contributed by atoms with Crippen LogP contribution in [0.5, 0.6) is 0 Å². The fourth-order valence-electron chi connectivity index (χ4n) is 2.23. The van der Waals surface area contributed by atoms with E-state index < -0.39 is 0 Å². The molecule has 3 rings (SSSR count). The Morgan fingerprint density at radius 2 is 2.29 bits per heavy atom. The highest BCUT2D eigenvalue weighted by atomic mass is 32.1. The molecule has 90 valence electrons. The summed E-state index contributed by atoms with van der Waals surface area (Å²) in [6, 6.07) is 4.05.